The standard InChI is InChI=1S/C11H17NO2/c1-3-8-4-7(2)11(14)9(5-8)10(13)6-12/h4-5,10,13-14H,3,6,12H2,1-2H3. The summed E-state index contributed by atoms with van der Waals surface area (Å²) in [6.45, 7) is 3.98. The molecule has 0 saturated carbocycles. The molecule has 3 heteroatoms. The van der Waals surface area contributed by atoms with Crippen LogP contribution in [0, 0.1) is 6.92 Å². The summed E-state index contributed by atoms with van der Waals surface area (Å²) in [6.07, 6.45) is 0.103. The molecule has 14 heavy (non-hydrogen) atoms. The maximum atomic E-state index is 9.70. The van der Waals surface area contributed by atoms with Crippen LogP contribution in [0.1, 0.15) is 29.7 Å². The van der Waals surface area contributed by atoms with Crippen molar-refractivity contribution in [2.24, 2.45) is 5.73 Å². The van der Waals surface area contributed by atoms with Crippen LogP contribution >= 0.6 is 0 Å². The van der Waals surface area contributed by atoms with E-state index in [4.69, 9.17) is 5.73 Å². The maximum absolute atomic E-state index is 9.70. The van der Waals surface area contributed by atoms with E-state index in [-0.39, 0.29) is 12.3 Å². The first-order valence-corrected chi connectivity index (χ1v) is 4.80. The van der Waals surface area contributed by atoms with Crippen molar-refractivity contribution in [1.29, 1.82) is 0 Å². The number of rotatable bonds is 3. The maximum Gasteiger partial charge on any atom is 0.124 e. The summed E-state index contributed by atoms with van der Waals surface area (Å²) in [7, 11) is 0. The van der Waals surface area contributed by atoms with Gasteiger partial charge in [0.15, 0.2) is 0 Å². The second kappa shape index (κ2) is 4.44. The summed E-state index contributed by atoms with van der Waals surface area (Å²) in [4.78, 5) is 0. The number of nitrogens with two attached hydrogens (primary N) is 1. The zero-order valence-corrected chi connectivity index (χ0v) is 8.62. The third-order valence-corrected chi connectivity index (χ3v) is 2.38. The van der Waals surface area contributed by atoms with Crippen molar-refractivity contribution < 1.29 is 10.2 Å². The van der Waals surface area contributed by atoms with Crippen LogP contribution in [0.15, 0.2) is 12.1 Å². The molecule has 0 bridgehead atoms. The minimum Gasteiger partial charge on any atom is -0.507 e. The first-order chi connectivity index (χ1) is 6.60. The SMILES string of the molecule is CCc1cc(C)c(O)c(C(O)CN)c1. The van der Waals surface area contributed by atoms with Crippen molar-refractivity contribution in [3.63, 3.8) is 0 Å². The largest absolute Gasteiger partial charge is 0.507 e. The molecule has 0 spiro atoms. The Bertz CT molecular complexity index is 323. The van der Waals surface area contributed by atoms with Gasteiger partial charge in [-0.3, -0.25) is 0 Å². The fourth-order valence-corrected chi connectivity index (χ4v) is 1.47. The summed E-state index contributed by atoms with van der Waals surface area (Å²) < 4.78 is 0. The van der Waals surface area contributed by atoms with E-state index in [0.717, 1.165) is 17.5 Å². The predicted molar refractivity (Wildman–Crippen MR) is 56.2 cm³/mol. The molecular formula is C11H17NO2. The van der Waals surface area contributed by atoms with Crippen LogP contribution in [0.25, 0.3) is 0 Å². The minimum absolute atomic E-state index is 0.125. The van der Waals surface area contributed by atoms with Gasteiger partial charge in [0.05, 0.1) is 6.10 Å². The molecule has 0 fully saturated rings. The molecule has 0 radical (unpaired) electrons. The van der Waals surface area contributed by atoms with Gasteiger partial charge in [-0.25, -0.2) is 0 Å². The van der Waals surface area contributed by atoms with Crippen LogP contribution in [0.5, 0.6) is 5.75 Å². The van der Waals surface area contributed by atoms with E-state index in [0.29, 0.717) is 5.56 Å². The van der Waals surface area contributed by atoms with E-state index >= 15 is 0 Å². The number of aromatic hydroxyl groups is 1. The van der Waals surface area contributed by atoms with E-state index < -0.39 is 6.10 Å². The lowest BCUT2D eigenvalue weighted by Gasteiger charge is -2.13. The van der Waals surface area contributed by atoms with Crippen molar-refractivity contribution in [3.05, 3.63) is 28.8 Å². The van der Waals surface area contributed by atoms with Gasteiger partial charge in [-0.15, -0.1) is 0 Å². The number of hydrogen-bond acceptors (Lipinski definition) is 3. The highest BCUT2D eigenvalue weighted by molar-refractivity contribution is 5.44. The summed E-state index contributed by atoms with van der Waals surface area (Å²) in [6, 6.07) is 3.72. The highest BCUT2D eigenvalue weighted by Crippen LogP contribution is 2.28. The molecule has 78 valence electrons. The topological polar surface area (TPSA) is 66.5 Å². The molecule has 1 unspecified atom stereocenters. The predicted octanol–water partition coefficient (Wildman–Crippen LogP) is 1.26. The van der Waals surface area contributed by atoms with Crippen molar-refractivity contribution in [3.8, 4) is 5.75 Å². The quantitative estimate of drug-likeness (QED) is 0.680. The second-order valence-corrected chi connectivity index (χ2v) is 3.46. The Morgan fingerprint density at radius 2 is 2.07 bits per heavy atom. The second-order valence-electron chi connectivity index (χ2n) is 3.46. The summed E-state index contributed by atoms with van der Waals surface area (Å²) in [5, 5.41) is 19.3. The van der Waals surface area contributed by atoms with Gasteiger partial charge in [0.25, 0.3) is 0 Å². The number of phenolic OH excluding ortho intramolecular Hbond substituents is 1. The first-order valence-electron chi connectivity index (χ1n) is 4.80. The molecule has 0 aliphatic carbocycles. The molecule has 3 nitrogen and oxygen atoms in total. The Labute approximate surface area is 84.2 Å². The number of aryl methyl sites for hydroxylation is 2. The molecule has 0 aromatic heterocycles. The molecule has 1 aromatic rings. The number of benzene rings is 1. The van der Waals surface area contributed by atoms with Gasteiger partial charge < -0.3 is 15.9 Å². The van der Waals surface area contributed by atoms with E-state index in [1.807, 2.05) is 19.9 Å². The average Bonchev–Trinajstić information content (AvgIpc) is 2.20. The monoisotopic (exact) mass is 195 g/mol. The summed E-state index contributed by atoms with van der Waals surface area (Å²) >= 11 is 0. The van der Waals surface area contributed by atoms with E-state index in [1.165, 1.54) is 0 Å². The Kier molecular flexibility index (Phi) is 3.49. The van der Waals surface area contributed by atoms with Crippen molar-refractivity contribution in [2.75, 3.05) is 6.54 Å². The van der Waals surface area contributed by atoms with Crippen LogP contribution in [-0.4, -0.2) is 16.8 Å². The number of phenols is 1. The van der Waals surface area contributed by atoms with E-state index in [9.17, 15) is 10.2 Å². The molecule has 4 N–H and O–H groups in total. The molecular weight excluding hydrogens is 178 g/mol. The van der Waals surface area contributed by atoms with Crippen molar-refractivity contribution in [2.45, 2.75) is 26.4 Å². The molecule has 1 atom stereocenters. The number of aliphatic hydroxyl groups excluding tert-OH is 1. The minimum atomic E-state index is -0.778. The number of aliphatic hydroxyl groups is 1. The molecule has 0 heterocycles. The van der Waals surface area contributed by atoms with Gasteiger partial charge in [-0.1, -0.05) is 13.0 Å². The van der Waals surface area contributed by atoms with Crippen molar-refractivity contribution >= 4 is 0 Å². The van der Waals surface area contributed by atoms with Crippen LogP contribution in [0.3, 0.4) is 0 Å². The molecule has 1 rings (SSSR count). The highest BCUT2D eigenvalue weighted by Gasteiger charge is 2.13. The van der Waals surface area contributed by atoms with Crippen molar-refractivity contribution in [1.82, 2.24) is 0 Å². The van der Waals surface area contributed by atoms with Gasteiger partial charge in [-0.2, -0.15) is 0 Å². The van der Waals surface area contributed by atoms with Crippen LogP contribution in [0.2, 0.25) is 0 Å². The molecule has 0 saturated heterocycles. The molecule has 1 aromatic carbocycles. The Balaban J connectivity index is 3.20. The lowest BCUT2D eigenvalue weighted by molar-refractivity contribution is 0.182. The third kappa shape index (κ3) is 2.05. The average molecular weight is 195 g/mol. The normalized spacial score (nSPS) is 12.9. The lowest BCUT2D eigenvalue weighted by Crippen LogP contribution is -2.12. The Morgan fingerprint density at radius 1 is 1.43 bits per heavy atom. The van der Waals surface area contributed by atoms with E-state index in [2.05, 4.69) is 0 Å². The van der Waals surface area contributed by atoms with Gasteiger partial charge in [0, 0.05) is 12.1 Å². The zero-order chi connectivity index (χ0) is 10.7. The summed E-state index contributed by atoms with van der Waals surface area (Å²) in [5.74, 6) is 0.153. The van der Waals surface area contributed by atoms with Gasteiger partial charge in [-0.05, 0) is 30.5 Å². The zero-order valence-electron chi connectivity index (χ0n) is 8.62. The van der Waals surface area contributed by atoms with Gasteiger partial charge >= 0.3 is 0 Å². The van der Waals surface area contributed by atoms with Gasteiger partial charge in [0.2, 0.25) is 0 Å². The third-order valence-electron chi connectivity index (χ3n) is 2.38. The van der Waals surface area contributed by atoms with Crippen LogP contribution in [0.4, 0.5) is 0 Å². The smallest absolute Gasteiger partial charge is 0.124 e. The highest BCUT2D eigenvalue weighted by atomic mass is 16.3. The Morgan fingerprint density at radius 3 is 2.57 bits per heavy atom. The van der Waals surface area contributed by atoms with Gasteiger partial charge in [0.1, 0.15) is 5.75 Å². The fraction of sp³-hybridized carbons (Fsp3) is 0.455. The fourth-order valence-electron chi connectivity index (χ4n) is 1.47. The number of hydrogen-bond donors (Lipinski definition) is 3. The van der Waals surface area contributed by atoms with E-state index in [1.54, 1.807) is 6.07 Å². The lowest BCUT2D eigenvalue weighted by atomic mass is 9.99. The van der Waals surface area contributed by atoms with Crippen LogP contribution in [-0.2, 0) is 6.42 Å². The van der Waals surface area contributed by atoms with Crippen LogP contribution < -0.4 is 5.73 Å². The first kappa shape index (κ1) is 11.0. The molecule has 0 amide bonds. The summed E-state index contributed by atoms with van der Waals surface area (Å²) in [5.41, 5.74) is 7.77. The Hall–Kier alpha value is -1.06. The molecule has 0 aliphatic heterocycles. The molecule has 0 aliphatic rings.